The molecule has 0 spiro atoms. The van der Waals surface area contributed by atoms with E-state index in [-0.39, 0.29) is 28.6 Å². The van der Waals surface area contributed by atoms with Gasteiger partial charge in [0, 0.05) is 11.1 Å². The number of ether oxygens (including phenoxy) is 2. The summed E-state index contributed by atoms with van der Waals surface area (Å²) in [7, 11) is 0. The van der Waals surface area contributed by atoms with E-state index in [0.717, 1.165) is 0 Å². The molecule has 0 saturated heterocycles. The molecule has 28 heavy (non-hydrogen) atoms. The molecule has 3 aromatic carbocycles. The molecule has 0 saturated carbocycles. The fraction of sp³-hybridized carbons (Fsp3) is 0. The number of esters is 1. The number of halogens is 2. The zero-order valence-corrected chi connectivity index (χ0v) is 15.1. The van der Waals surface area contributed by atoms with Crippen LogP contribution in [0.5, 0.6) is 11.5 Å². The lowest BCUT2D eigenvalue weighted by Gasteiger charge is -2.05. The second kappa shape index (κ2) is 7.29. The predicted octanol–water partition coefficient (Wildman–Crippen LogP) is 5.31. The van der Waals surface area contributed by atoms with Gasteiger partial charge in [-0.3, -0.25) is 4.79 Å². The summed E-state index contributed by atoms with van der Waals surface area (Å²) in [6, 6.07) is 16.6. The molecule has 4 rings (SSSR count). The third kappa shape index (κ3) is 3.52. The smallest absolute Gasteiger partial charge is 0.343 e. The van der Waals surface area contributed by atoms with E-state index in [1.165, 1.54) is 42.5 Å². The number of hydrogen-bond acceptors (Lipinski definition) is 4. The van der Waals surface area contributed by atoms with Crippen molar-refractivity contribution in [3.63, 3.8) is 0 Å². The minimum absolute atomic E-state index is 0.130. The first kappa shape index (κ1) is 17.9. The summed E-state index contributed by atoms with van der Waals surface area (Å²) in [5.74, 6) is -0.751. The maximum absolute atomic E-state index is 13.0. The Morgan fingerprint density at radius 1 is 1.04 bits per heavy atom. The zero-order valence-electron chi connectivity index (χ0n) is 14.3. The Balaban J connectivity index is 1.56. The summed E-state index contributed by atoms with van der Waals surface area (Å²) in [5, 5.41) is 0.497. The molecule has 0 amide bonds. The molecule has 1 aliphatic rings. The van der Waals surface area contributed by atoms with E-state index in [1.807, 2.05) is 0 Å². The van der Waals surface area contributed by atoms with Gasteiger partial charge in [-0.2, -0.15) is 0 Å². The fourth-order valence-electron chi connectivity index (χ4n) is 2.72. The molecule has 0 radical (unpaired) electrons. The van der Waals surface area contributed by atoms with Crippen LogP contribution in [-0.2, 0) is 0 Å². The first-order valence-electron chi connectivity index (χ1n) is 8.32. The van der Waals surface area contributed by atoms with Gasteiger partial charge in [-0.1, -0.05) is 29.8 Å². The van der Waals surface area contributed by atoms with Crippen molar-refractivity contribution in [2.24, 2.45) is 0 Å². The van der Waals surface area contributed by atoms with E-state index in [0.29, 0.717) is 16.1 Å². The normalized spacial score (nSPS) is 13.9. The molecule has 6 heteroatoms. The minimum Gasteiger partial charge on any atom is -0.452 e. The Labute approximate surface area is 164 Å². The van der Waals surface area contributed by atoms with Crippen LogP contribution in [0.15, 0.2) is 72.5 Å². The molecule has 0 fully saturated rings. The Kier molecular flexibility index (Phi) is 4.67. The Morgan fingerprint density at radius 3 is 2.54 bits per heavy atom. The van der Waals surface area contributed by atoms with Crippen molar-refractivity contribution in [1.82, 2.24) is 0 Å². The molecular formula is C22H12ClFO4. The molecule has 0 N–H and O–H groups in total. The zero-order chi connectivity index (χ0) is 19.7. The van der Waals surface area contributed by atoms with Crippen molar-refractivity contribution in [1.29, 1.82) is 0 Å². The number of hydrogen-bond donors (Lipinski definition) is 0. The standard InChI is InChI=1S/C22H12ClFO4/c23-18-4-2-1-3-14(18)11-20-21(25)17-10-9-16(12-19(17)28-20)27-22(26)13-5-7-15(24)8-6-13/h1-12H. The SMILES string of the molecule is O=C(Oc1ccc2c(c1)OC(=Cc1ccccc1Cl)C2=O)c1ccc(F)cc1. The third-order valence-electron chi connectivity index (χ3n) is 4.12. The Bertz CT molecular complexity index is 1120. The highest BCUT2D eigenvalue weighted by Crippen LogP contribution is 2.35. The highest BCUT2D eigenvalue weighted by atomic mass is 35.5. The van der Waals surface area contributed by atoms with Crippen LogP contribution in [0.3, 0.4) is 0 Å². The van der Waals surface area contributed by atoms with Gasteiger partial charge in [0.2, 0.25) is 5.78 Å². The van der Waals surface area contributed by atoms with Crippen LogP contribution in [0.4, 0.5) is 4.39 Å². The molecule has 0 unspecified atom stereocenters. The predicted molar refractivity (Wildman–Crippen MR) is 102 cm³/mol. The highest BCUT2D eigenvalue weighted by molar-refractivity contribution is 6.32. The second-order valence-electron chi connectivity index (χ2n) is 6.02. The average Bonchev–Trinajstić information content (AvgIpc) is 2.99. The van der Waals surface area contributed by atoms with E-state index >= 15 is 0 Å². The first-order valence-corrected chi connectivity index (χ1v) is 8.69. The quantitative estimate of drug-likeness (QED) is 0.343. The number of carbonyl (C=O) groups excluding carboxylic acids is 2. The summed E-state index contributed by atoms with van der Waals surface area (Å²) < 4.78 is 23.9. The number of allylic oxidation sites excluding steroid dienone is 1. The topological polar surface area (TPSA) is 52.6 Å². The van der Waals surface area contributed by atoms with Crippen molar-refractivity contribution in [2.75, 3.05) is 0 Å². The van der Waals surface area contributed by atoms with Crippen LogP contribution in [0.1, 0.15) is 26.3 Å². The van der Waals surface area contributed by atoms with Crippen LogP contribution in [0, 0.1) is 5.82 Å². The molecule has 0 atom stereocenters. The largest absolute Gasteiger partial charge is 0.452 e. The monoisotopic (exact) mass is 394 g/mol. The number of carbonyl (C=O) groups is 2. The van der Waals surface area contributed by atoms with E-state index in [1.54, 1.807) is 30.3 Å². The van der Waals surface area contributed by atoms with E-state index < -0.39 is 11.8 Å². The van der Waals surface area contributed by atoms with Crippen molar-refractivity contribution in [2.45, 2.75) is 0 Å². The van der Waals surface area contributed by atoms with E-state index in [2.05, 4.69) is 0 Å². The van der Waals surface area contributed by atoms with Crippen LogP contribution >= 0.6 is 11.6 Å². The number of fused-ring (bicyclic) bond motifs is 1. The van der Waals surface area contributed by atoms with Gasteiger partial charge in [-0.05, 0) is 54.1 Å². The maximum Gasteiger partial charge on any atom is 0.343 e. The molecule has 0 aromatic heterocycles. The molecule has 138 valence electrons. The van der Waals surface area contributed by atoms with Gasteiger partial charge < -0.3 is 9.47 Å². The molecule has 0 aliphatic carbocycles. The van der Waals surface area contributed by atoms with E-state index in [9.17, 15) is 14.0 Å². The van der Waals surface area contributed by atoms with Crippen LogP contribution in [0.2, 0.25) is 5.02 Å². The Hall–Kier alpha value is -3.44. The number of benzene rings is 3. The van der Waals surface area contributed by atoms with Gasteiger partial charge in [0.1, 0.15) is 17.3 Å². The maximum atomic E-state index is 13.0. The van der Waals surface area contributed by atoms with Crippen LogP contribution in [-0.4, -0.2) is 11.8 Å². The van der Waals surface area contributed by atoms with E-state index in [4.69, 9.17) is 21.1 Å². The van der Waals surface area contributed by atoms with Gasteiger partial charge in [0.05, 0.1) is 11.1 Å². The van der Waals surface area contributed by atoms with Crippen LogP contribution < -0.4 is 9.47 Å². The number of ketones is 1. The van der Waals surface area contributed by atoms with Crippen molar-refractivity contribution in [3.05, 3.63) is 100 Å². The molecule has 0 bridgehead atoms. The number of rotatable bonds is 3. The van der Waals surface area contributed by atoms with Gasteiger partial charge in [-0.25, -0.2) is 9.18 Å². The molecule has 3 aromatic rings. The first-order chi connectivity index (χ1) is 13.5. The Morgan fingerprint density at radius 2 is 1.79 bits per heavy atom. The third-order valence-corrected chi connectivity index (χ3v) is 4.47. The van der Waals surface area contributed by atoms with Crippen molar-refractivity contribution >= 4 is 29.4 Å². The molecule has 1 heterocycles. The van der Waals surface area contributed by atoms with Crippen LogP contribution in [0.25, 0.3) is 6.08 Å². The lowest BCUT2D eigenvalue weighted by atomic mass is 10.1. The summed E-state index contributed by atoms with van der Waals surface area (Å²) in [5.41, 5.74) is 1.22. The molecule has 1 aliphatic heterocycles. The van der Waals surface area contributed by atoms with Crippen molar-refractivity contribution in [3.8, 4) is 11.5 Å². The van der Waals surface area contributed by atoms with Gasteiger partial charge >= 0.3 is 5.97 Å². The van der Waals surface area contributed by atoms with Gasteiger partial charge in [-0.15, -0.1) is 0 Å². The highest BCUT2D eigenvalue weighted by Gasteiger charge is 2.28. The summed E-state index contributed by atoms with van der Waals surface area (Å²) in [4.78, 5) is 24.7. The number of Topliss-reactive ketones (excluding diaryl/α,β-unsaturated/α-hetero) is 1. The summed E-state index contributed by atoms with van der Waals surface area (Å²) >= 11 is 6.12. The lowest BCUT2D eigenvalue weighted by molar-refractivity contribution is 0.0734. The van der Waals surface area contributed by atoms with Gasteiger partial charge in [0.25, 0.3) is 0 Å². The molecule has 4 nitrogen and oxygen atoms in total. The fourth-order valence-corrected chi connectivity index (χ4v) is 2.91. The second-order valence-corrected chi connectivity index (χ2v) is 6.42. The molecular weight excluding hydrogens is 383 g/mol. The minimum atomic E-state index is -0.642. The summed E-state index contributed by atoms with van der Waals surface area (Å²) in [6.07, 6.45) is 1.56. The average molecular weight is 395 g/mol. The lowest BCUT2D eigenvalue weighted by Crippen LogP contribution is -2.08. The van der Waals surface area contributed by atoms with Crippen molar-refractivity contribution < 1.29 is 23.5 Å². The summed E-state index contributed by atoms with van der Waals surface area (Å²) in [6.45, 7) is 0. The van der Waals surface area contributed by atoms with Gasteiger partial charge in [0.15, 0.2) is 5.76 Å².